The molecule has 0 aliphatic carbocycles. The first-order valence-corrected chi connectivity index (χ1v) is 8.21. The Labute approximate surface area is 147 Å². The molecule has 0 spiro atoms. The van der Waals surface area contributed by atoms with Crippen molar-refractivity contribution in [3.63, 3.8) is 0 Å². The summed E-state index contributed by atoms with van der Waals surface area (Å²) < 4.78 is 3.91. The van der Waals surface area contributed by atoms with Crippen molar-refractivity contribution in [1.82, 2.24) is 29.3 Å². The van der Waals surface area contributed by atoms with E-state index in [9.17, 15) is 4.79 Å². The second-order valence-electron chi connectivity index (χ2n) is 6.54. The highest BCUT2D eigenvalue weighted by Gasteiger charge is 2.25. The van der Waals surface area contributed by atoms with Gasteiger partial charge in [0.25, 0.3) is 0 Å². The second kappa shape index (κ2) is 6.68. The van der Waals surface area contributed by atoms with Crippen molar-refractivity contribution in [3.8, 4) is 0 Å². The van der Waals surface area contributed by atoms with Crippen molar-refractivity contribution in [2.24, 2.45) is 14.1 Å². The van der Waals surface area contributed by atoms with Gasteiger partial charge in [-0.2, -0.15) is 0 Å². The van der Waals surface area contributed by atoms with Crippen LogP contribution in [0.5, 0.6) is 0 Å². The van der Waals surface area contributed by atoms with Gasteiger partial charge in [0.1, 0.15) is 11.9 Å². The van der Waals surface area contributed by atoms with Gasteiger partial charge in [-0.25, -0.2) is 9.97 Å². The van der Waals surface area contributed by atoms with Crippen LogP contribution < -0.4 is 5.32 Å². The van der Waals surface area contributed by atoms with E-state index in [1.807, 2.05) is 54.4 Å². The molecule has 0 saturated carbocycles. The number of likely N-dealkylation sites (N-methyl/N-ethyl adjacent to an activating group) is 1. The average molecular weight is 340 g/mol. The third-order valence-corrected chi connectivity index (χ3v) is 4.51. The van der Waals surface area contributed by atoms with Gasteiger partial charge in [0, 0.05) is 14.1 Å². The molecule has 7 nitrogen and oxygen atoms in total. The van der Waals surface area contributed by atoms with Crippen LogP contribution in [-0.2, 0) is 25.4 Å². The highest BCUT2D eigenvalue weighted by atomic mass is 16.2. The number of fused-ring (bicyclic) bond motifs is 1. The van der Waals surface area contributed by atoms with Crippen molar-refractivity contribution in [2.45, 2.75) is 19.5 Å². The smallest absolute Gasteiger partial charge is 0.243 e. The van der Waals surface area contributed by atoms with Gasteiger partial charge >= 0.3 is 0 Å². The SMILES string of the molecule is Cc1cccc2nc(CNC(=O)[C@H](c3cncn3C)N(C)C)n(C)c12. The average Bonchev–Trinajstić information content (AvgIpc) is 3.10. The Morgan fingerprint density at radius 2 is 2.08 bits per heavy atom. The molecule has 132 valence electrons. The number of imidazole rings is 2. The molecule has 3 rings (SSSR count). The molecule has 0 saturated heterocycles. The van der Waals surface area contributed by atoms with Gasteiger partial charge in [0.15, 0.2) is 0 Å². The van der Waals surface area contributed by atoms with Crippen LogP contribution in [0.4, 0.5) is 0 Å². The maximum Gasteiger partial charge on any atom is 0.243 e. The predicted molar refractivity (Wildman–Crippen MR) is 96.9 cm³/mol. The first kappa shape index (κ1) is 17.2. The fourth-order valence-electron chi connectivity index (χ4n) is 3.20. The van der Waals surface area contributed by atoms with Crippen LogP contribution >= 0.6 is 0 Å². The normalized spacial score (nSPS) is 12.7. The molecule has 0 bridgehead atoms. The number of para-hydroxylation sites is 1. The first-order chi connectivity index (χ1) is 11.9. The molecular formula is C18H24N6O. The molecule has 2 heterocycles. The zero-order valence-corrected chi connectivity index (χ0v) is 15.3. The standard InChI is InChI=1S/C18H24N6O/c1-12-7-6-8-13-16(12)24(5)15(21-13)10-20-18(25)17(22(2)3)14-9-19-11-23(14)4/h6-9,11,17H,10H2,1-5H3,(H,20,25)/t17-/m0/s1. The number of rotatable bonds is 5. The fourth-order valence-corrected chi connectivity index (χ4v) is 3.20. The van der Waals surface area contributed by atoms with Gasteiger partial charge in [-0.15, -0.1) is 0 Å². The number of nitrogens with zero attached hydrogens (tertiary/aromatic N) is 5. The molecular weight excluding hydrogens is 316 g/mol. The molecule has 1 atom stereocenters. The van der Waals surface area contributed by atoms with E-state index in [0.29, 0.717) is 6.54 Å². The molecule has 1 aromatic carbocycles. The number of hydrogen-bond acceptors (Lipinski definition) is 4. The summed E-state index contributed by atoms with van der Waals surface area (Å²) in [5.74, 6) is 0.762. The lowest BCUT2D eigenvalue weighted by atomic mass is 10.2. The van der Waals surface area contributed by atoms with Crippen molar-refractivity contribution in [3.05, 3.63) is 47.8 Å². The van der Waals surface area contributed by atoms with Gasteiger partial charge < -0.3 is 14.5 Å². The quantitative estimate of drug-likeness (QED) is 0.765. The van der Waals surface area contributed by atoms with Crippen LogP contribution in [0.1, 0.15) is 23.1 Å². The number of hydrogen-bond donors (Lipinski definition) is 1. The Bertz CT molecular complexity index is 908. The zero-order valence-electron chi connectivity index (χ0n) is 15.3. The van der Waals surface area contributed by atoms with E-state index in [0.717, 1.165) is 22.6 Å². The first-order valence-electron chi connectivity index (χ1n) is 8.21. The molecule has 7 heteroatoms. The van der Waals surface area contributed by atoms with E-state index in [1.54, 1.807) is 12.5 Å². The lowest BCUT2D eigenvalue weighted by molar-refractivity contribution is -0.126. The molecule has 1 amide bonds. The Morgan fingerprint density at radius 3 is 2.68 bits per heavy atom. The predicted octanol–water partition coefficient (Wildman–Crippen LogP) is 1.53. The molecule has 25 heavy (non-hydrogen) atoms. The summed E-state index contributed by atoms with van der Waals surface area (Å²) in [5, 5.41) is 3.01. The zero-order chi connectivity index (χ0) is 18.1. The third-order valence-electron chi connectivity index (χ3n) is 4.51. The number of nitrogens with one attached hydrogen (secondary N) is 1. The molecule has 2 aromatic heterocycles. The number of aryl methyl sites for hydroxylation is 3. The number of aromatic nitrogens is 4. The Kier molecular flexibility index (Phi) is 4.59. The van der Waals surface area contributed by atoms with Crippen LogP contribution in [0.2, 0.25) is 0 Å². The van der Waals surface area contributed by atoms with E-state index < -0.39 is 6.04 Å². The number of carbonyl (C=O) groups is 1. The Hall–Kier alpha value is -2.67. The van der Waals surface area contributed by atoms with Gasteiger partial charge in [-0.1, -0.05) is 12.1 Å². The van der Waals surface area contributed by atoms with Crippen LogP contribution in [0.3, 0.4) is 0 Å². The molecule has 0 radical (unpaired) electrons. The van der Waals surface area contributed by atoms with Gasteiger partial charge in [0.05, 0.1) is 35.8 Å². The van der Waals surface area contributed by atoms with Crippen molar-refractivity contribution >= 4 is 16.9 Å². The summed E-state index contributed by atoms with van der Waals surface area (Å²) in [6.45, 7) is 2.45. The summed E-state index contributed by atoms with van der Waals surface area (Å²) in [6.07, 6.45) is 3.43. The van der Waals surface area contributed by atoms with E-state index in [2.05, 4.69) is 28.3 Å². The maximum absolute atomic E-state index is 12.8. The minimum atomic E-state index is -0.399. The number of amides is 1. The van der Waals surface area contributed by atoms with Crippen molar-refractivity contribution in [1.29, 1.82) is 0 Å². The van der Waals surface area contributed by atoms with E-state index in [1.165, 1.54) is 5.56 Å². The van der Waals surface area contributed by atoms with Crippen LogP contribution in [0.15, 0.2) is 30.7 Å². The van der Waals surface area contributed by atoms with Crippen LogP contribution in [0, 0.1) is 6.92 Å². The van der Waals surface area contributed by atoms with Crippen LogP contribution in [0.25, 0.3) is 11.0 Å². The van der Waals surface area contributed by atoms with Gasteiger partial charge in [-0.05, 0) is 32.6 Å². The highest BCUT2D eigenvalue weighted by molar-refractivity contribution is 5.83. The summed E-state index contributed by atoms with van der Waals surface area (Å²) in [4.78, 5) is 23.4. The van der Waals surface area contributed by atoms with Gasteiger partial charge in [-0.3, -0.25) is 9.69 Å². The monoisotopic (exact) mass is 340 g/mol. The fraction of sp³-hybridized carbons (Fsp3) is 0.389. The van der Waals surface area contributed by atoms with Crippen LogP contribution in [-0.4, -0.2) is 44.0 Å². The lowest BCUT2D eigenvalue weighted by Gasteiger charge is -2.23. The van der Waals surface area contributed by atoms with E-state index in [-0.39, 0.29) is 5.91 Å². The summed E-state index contributed by atoms with van der Waals surface area (Å²) >= 11 is 0. The Balaban J connectivity index is 1.81. The van der Waals surface area contributed by atoms with Crippen molar-refractivity contribution in [2.75, 3.05) is 14.1 Å². The second-order valence-corrected chi connectivity index (χ2v) is 6.54. The molecule has 0 aliphatic rings. The summed E-state index contributed by atoms with van der Waals surface area (Å²) in [7, 11) is 7.64. The Morgan fingerprint density at radius 1 is 1.32 bits per heavy atom. The van der Waals surface area contributed by atoms with E-state index >= 15 is 0 Å². The number of carbonyl (C=O) groups excluding carboxylic acids is 1. The molecule has 3 aromatic rings. The topological polar surface area (TPSA) is 68.0 Å². The minimum absolute atomic E-state index is 0.0719. The summed E-state index contributed by atoms with van der Waals surface area (Å²) in [6, 6.07) is 5.66. The number of benzene rings is 1. The summed E-state index contributed by atoms with van der Waals surface area (Å²) in [5.41, 5.74) is 4.07. The molecule has 0 fully saturated rings. The van der Waals surface area contributed by atoms with Crippen molar-refractivity contribution < 1.29 is 4.79 Å². The molecule has 0 aliphatic heterocycles. The van der Waals surface area contributed by atoms with Gasteiger partial charge in [0.2, 0.25) is 5.91 Å². The van der Waals surface area contributed by atoms with E-state index in [4.69, 9.17) is 0 Å². The largest absolute Gasteiger partial charge is 0.347 e. The minimum Gasteiger partial charge on any atom is -0.347 e. The highest BCUT2D eigenvalue weighted by Crippen LogP contribution is 2.20. The molecule has 1 N–H and O–H groups in total. The lowest BCUT2D eigenvalue weighted by Crippen LogP contribution is -2.38. The third kappa shape index (κ3) is 3.15. The maximum atomic E-state index is 12.8. The molecule has 0 unspecified atom stereocenters.